The number of carbonyl (C=O) groups is 1. The Hall–Kier alpha value is -2.73. The summed E-state index contributed by atoms with van der Waals surface area (Å²) in [6.07, 6.45) is 11.2. The molecule has 3 aromatic heterocycles. The first-order valence-electron chi connectivity index (χ1n) is 11.0. The number of pyridine rings is 2. The summed E-state index contributed by atoms with van der Waals surface area (Å²) in [4.78, 5) is 24.3. The SMILES string of the molecule is Cc1ccn2c(CN[C@H](C)Cc3cccnc3)c(C(=O)N3CCCCCC3)nc2c1. The Kier molecular flexibility index (Phi) is 6.43. The maximum Gasteiger partial charge on any atom is 0.274 e. The lowest BCUT2D eigenvalue weighted by Crippen LogP contribution is -2.34. The first kappa shape index (κ1) is 20.5. The Balaban J connectivity index is 1.57. The van der Waals surface area contributed by atoms with Crippen LogP contribution in [0.5, 0.6) is 0 Å². The smallest absolute Gasteiger partial charge is 0.274 e. The highest BCUT2D eigenvalue weighted by atomic mass is 16.2. The average Bonchev–Trinajstić information content (AvgIpc) is 2.90. The standard InChI is InChI=1S/C24H31N5O/c1-18-9-13-29-21(17-26-19(2)15-20-8-7-10-25-16-20)23(27-22(29)14-18)24(30)28-11-5-3-4-6-12-28/h7-10,13-14,16,19,26H,3-6,11-12,15,17H2,1-2H3/t19-/m1/s1. The highest BCUT2D eigenvalue weighted by molar-refractivity contribution is 5.94. The molecule has 0 unspecified atom stereocenters. The number of likely N-dealkylation sites (tertiary alicyclic amines) is 1. The van der Waals surface area contributed by atoms with Gasteiger partial charge < -0.3 is 14.6 Å². The second-order valence-corrected chi connectivity index (χ2v) is 8.39. The van der Waals surface area contributed by atoms with Crippen LogP contribution >= 0.6 is 0 Å². The van der Waals surface area contributed by atoms with Crippen molar-refractivity contribution in [2.75, 3.05) is 13.1 Å². The molecule has 158 valence electrons. The summed E-state index contributed by atoms with van der Waals surface area (Å²) in [5.41, 5.74) is 4.71. The van der Waals surface area contributed by atoms with Crippen LogP contribution in [0, 0.1) is 6.92 Å². The zero-order valence-electron chi connectivity index (χ0n) is 18.0. The van der Waals surface area contributed by atoms with Crippen LogP contribution in [0.15, 0.2) is 42.9 Å². The lowest BCUT2D eigenvalue weighted by Gasteiger charge is -2.20. The van der Waals surface area contributed by atoms with Crippen LogP contribution in [-0.4, -0.2) is 44.3 Å². The van der Waals surface area contributed by atoms with Crippen molar-refractivity contribution in [3.8, 4) is 0 Å². The van der Waals surface area contributed by atoms with Gasteiger partial charge in [0.25, 0.3) is 5.91 Å². The molecular formula is C24H31N5O. The van der Waals surface area contributed by atoms with E-state index in [0.29, 0.717) is 12.2 Å². The third kappa shape index (κ3) is 4.70. The minimum atomic E-state index is 0.0648. The van der Waals surface area contributed by atoms with Gasteiger partial charge in [-0.25, -0.2) is 4.98 Å². The molecule has 1 atom stereocenters. The summed E-state index contributed by atoms with van der Waals surface area (Å²) in [7, 11) is 0. The summed E-state index contributed by atoms with van der Waals surface area (Å²) in [6.45, 7) is 6.47. The topological polar surface area (TPSA) is 62.5 Å². The van der Waals surface area contributed by atoms with E-state index in [1.807, 2.05) is 29.4 Å². The van der Waals surface area contributed by atoms with Crippen molar-refractivity contribution in [2.24, 2.45) is 0 Å². The molecule has 1 amide bonds. The first-order valence-corrected chi connectivity index (χ1v) is 11.0. The summed E-state index contributed by atoms with van der Waals surface area (Å²) in [5, 5.41) is 3.59. The van der Waals surface area contributed by atoms with Gasteiger partial charge in [-0.1, -0.05) is 18.9 Å². The van der Waals surface area contributed by atoms with E-state index in [1.54, 1.807) is 6.20 Å². The van der Waals surface area contributed by atoms with E-state index in [-0.39, 0.29) is 11.9 Å². The van der Waals surface area contributed by atoms with Crippen LogP contribution in [0.4, 0.5) is 0 Å². The van der Waals surface area contributed by atoms with E-state index in [0.717, 1.165) is 49.3 Å². The van der Waals surface area contributed by atoms with E-state index in [2.05, 4.69) is 40.7 Å². The molecule has 0 radical (unpaired) electrons. The van der Waals surface area contributed by atoms with Crippen LogP contribution in [0.1, 0.15) is 59.9 Å². The molecule has 4 rings (SSSR count). The molecule has 0 aromatic carbocycles. The number of carbonyl (C=O) groups excluding carboxylic acids is 1. The number of imidazole rings is 1. The molecule has 0 aliphatic carbocycles. The fraction of sp³-hybridized carbons (Fsp3) is 0.458. The molecule has 30 heavy (non-hydrogen) atoms. The van der Waals surface area contributed by atoms with E-state index in [4.69, 9.17) is 4.98 Å². The van der Waals surface area contributed by atoms with Crippen LogP contribution in [0.25, 0.3) is 5.65 Å². The fourth-order valence-electron chi connectivity index (χ4n) is 4.18. The number of hydrogen-bond donors (Lipinski definition) is 1. The van der Waals surface area contributed by atoms with E-state index in [1.165, 1.54) is 18.4 Å². The predicted molar refractivity (Wildman–Crippen MR) is 119 cm³/mol. The van der Waals surface area contributed by atoms with Crippen LogP contribution < -0.4 is 5.32 Å². The molecule has 6 nitrogen and oxygen atoms in total. The summed E-state index contributed by atoms with van der Waals surface area (Å²) in [6, 6.07) is 8.43. The lowest BCUT2D eigenvalue weighted by atomic mass is 10.1. The second kappa shape index (κ2) is 9.39. The summed E-state index contributed by atoms with van der Waals surface area (Å²) < 4.78 is 2.06. The minimum Gasteiger partial charge on any atom is -0.337 e. The molecule has 0 spiro atoms. The third-order valence-corrected chi connectivity index (χ3v) is 5.86. The van der Waals surface area contributed by atoms with Crippen molar-refractivity contribution in [1.82, 2.24) is 24.6 Å². The number of nitrogens with zero attached hydrogens (tertiary/aromatic N) is 4. The first-order chi connectivity index (χ1) is 14.6. The number of aromatic nitrogens is 3. The molecule has 0 saturated carbocycles. The van der Waals surface area contributed by atoms with Gasteiger partial charge in [-0.3, -0.25) is 9.78 Å². The Morgan fingerprint density at radius 1 is 1.20 bits per heavy atom. The van der Waals surface area contributed by atoms with E-state index >= 15 is 0 Å². The van der Waals surface area contributed by atoms with Crippen LogP contribution in [0.2, 0.25) is 0 Å². The van der Waals surface area contributed by atoms with Gasteiger partial charge in [0.05, 0.1) is 5.69 Å². The fourth-order valence-corrected chi connectivity index (χ4v) is 4.18. The highest BCUT2D eigenvalue weighted by Crippen LogP contribution is 2.19. The highest BCUT2D eigenvalue weighted by Gasteiger charge is 2.24. The zero-order chi connectivity index (χ0) is 20.9. The monoisotopic (exact) mass is 405 g/mol. The van der Waals surface area contributed by atoms with Gasteiger partial charge in [-0.2, -0.15) is 0 Å². The van der Waals surface area contributed by atoms with Gasteiger partial charge in [0, 0.05) is 44.3 Å². The van der Waals surface area contributed by atoms with Crippen molar-refractivity contribution < 1.29 is 4.79 Å². The van der Waals surface area contributed by atoms with Gasteiger partial charge in [0.15, 0.2) is 5.69 Å². The van der Waals surface area contributed by atoms with Crippen molar-refractivity contribution in [3.63, 3.8) is 0 Å². The number of nitrogens with one attached hydrogen (secondary N) is 1. The van der Waals surface area contributed by atoms with Gasteiger partial charge in [0.2, 0.25) is 0 Å². The number of aryl methyl sites for hydroxylation is 1. The molecule has 1 aliphatic rings. The minimum absolute atomic E-state index is 0.0648. The van der Waals surface area contributed by atoms with Crippen LogP contribution in [-0.2, 0) is 13.0 Å². The molecular weight excluding hydrogens is 374 g/mol. The Morgan fingerprint density at radius 2 is 2.00 bits per heavy atom. The number of fused-ring (bicyclic) bond motifs is 1. The number of amides is 1. The molecule has 1 fully saturated rings. The Morgan fingerprint density at radius 3 is 2.73 bits per heavy atom. The molecule has 1 aliphatic heterocycles. The quantitative estimate of drug-likeness (QED) is 0.678. The predicted octanol–water partition coefficient (Wildman–Crippen LogP) is 3.77. The van der Waals surface area contributed by atoms with E-state index in [9.17, 15) is 4.79 Å². The van der Waals surface area contributed by atoms with Gasteiger partial charge in [0.1, 0.15) is 5.65 Å². The van der Waals surface area contributed by atoms with Crippen LogP contribution in [0.3, 0.4) is 0 Å². The maximum atomic E-state index is 13.4. The van der Waals surface area contributed by atoms with Gasteiger partial charge in [-0.05, 0) is 62.4 Å². The summed E-state index contributed by atoms with van der Waals surface area (Å²) >= 11 is 0. The number of hydrogen-bond acceptors (Lipinski definition) is 4. The molecule has 1 N–H and O–H groups in total. The average molecular weight is 406 g/mol. The normalized spacial score (nSPS) is 15.9. The van der Waals surface area contributed by atoms with Gasteiger partial charge >= 0.3 is 0 Å². The largest absolute Gasteiger partial charge is 0.337 e. The molecule has 3 aromatic rings. The lowest BCUT2D eigenvalue weighted by molar-refractivity contribution is 0.0755. The number of rotatable bonds is 6. The summed E-state index contributed by atoms with van der Waals surface area (Å²) in [5.74, 6) is 0.0648. The molecule has 0 bridgehead atoms. The van der Waals surface area contributed by atoms with Crippen molar-refractivity contribution in [1.29, 1.82) is 0 Å². The molecule has 1 saturated heterocycles. The Labute approximate surface area is 178 Å². The zero-order valence-corrected chi connectivity index (χ0v) is 18.0. The molecule has 6 heteroatoms. The second-order valence-electron chi connectivity index (χ2n) is 8.39. The van der Waals surface area contributed by atoms with Crippen molar-refractivity contribution >= 4 is 11.6 Å². The van der Waals surface area contributed by atoms with Crippen molar-refractivity contribution in [3.05, 3.63) is 65.4 Å². The van der Waals surface area contributed by atoms with E-state index < -0.39 is 0 Å². The third-order valence-electron chi connectivity index (χ3n) is 5.86. The maximum absolute atomic E-state index is 13.4. The van der Waals surface area contributed by atoms with Gasteiger partial charge in [-0.15, -0.1) is 0 Å². The van der Waals surface area contributed by atoms with Crippen molar-refractivity contribution in [2.45, 2.75) is 58.5 Å². The molecule has 4 heterocycles. The Bertz CT molecular complexity index is 990.